The van der Waals surface area contributed by atoms with Gasteiger partial charge in [-0.3, -0.25) is 0 Å². The number of rotatable bonds is 14. The number of hydrogen-bond acceptors (Lipinski definition) is 9. The highest BCUT2D eigenvalue weighted by Crippen LogP contribution is 2.25. The Hall–Kier alpha value is -3.19. The Morgan fingerprint density at radius 2 is 1.85 bits per heavy atom. The maximum atomic E-state index is 12.9. The van der Waals surface area contributed by atoms with Gasteiger partial charge >= 0.3 is 18.2 Å². The largest absolute Gasteiger partial charge is 0.491 e. The summed E-state index contributed by atoms with van der Waals surface area (Å²) in [7, 11) is 0. The summed E-state index contributed by atoms with van der Waals surface area (Å²) in [6.45, 7) is 3.53. The first-order valence-corrected chi connectivity index (χ1v) is 12.7. The number of aromatic nitrogens is 1. The van der Waals surface area contributed by atoms with E-state index in [1.54, 1.807) is 0 Å². The normalized spacial score (nSPS) is 15.1. The van der Waals surface area contributed by atoms with Crippen molar-refractivity contribution in [2.45, 2.75) is 63.6 Å². The van der Waals surface area contributed by atoms with Gasteiger partial charge in [0, 0.05) is 6.04 Å². The predicted octanol–water partition coefficient (Wildman–Crippen LogP) is 3.27. The van der Waals surface area contributed by atoms with Gasteiger partial charge < -0.3 is 35.8 Å². The van der Waals surface area contributed by atoms with Crippen molar-refractivity contribution in [3.63, 3.8) is 0 Å². The summed E-state index contributed by atoms with van der Waals surface area (Å²) in [4.78, 5) is 15.9. The first-order chi connectivity index (χ1) is 18.4. The van der Waals surface area contributed by atoms with Crippen LogP contribution in [0.3, 0.4) is 0 Å². The van der Waals surface area contributed by atoms with Crippen molar-refractivity contribution >= 4 is 17.1 Å². The highest BCUT2D eigenvalue weighted by Gasteiger charge is 2.48. The summed E-state index contributed by atoms with van der Waals surface area (Å²) in [6, 6.07) is 11.4. The van der Waals surface area contributed by atoms with E-state index < -0.39 is 36.6 Å². The van der Waals surface area contributed by atoms with Crippen molar-refractivity contribution < 1.29 is 37.0 Å². The summed E-state index contributed by atoms with van der Waals surface area (Å²) in [5, 5.41) is 13.9. The van der Waals surface area contributed by atoms with E-state index in [1.807, 2.05) is 56.3 Å². The number of nitrogens with zero attached hydrogens (tertiary/aromatic N) is 1. The Bertz CT molecular complexity index is 1180. The molecule has 0 aliphatic carbocycles. The first-order valence-electron chi connectivity index (χ1n) is 12.7. The van der Waals surface area contributed by atoms with Crippen LogP contribution in [0.15, 0.2) is 46.9 Å². The van der Waals surface area contributed by atoms with Gasteiger partial charge in [-0.15, -0.1) is 0 Å². The Labute approximate surface area is 224 Å². The lowest BCUT2D eigenvalue weighted by atomic mass is 10.0. The van der Waals surface area contributed by atoms with Crippen LogP contribution in [-0.4, -0.2) is 59.8 Å². The van der Waals surface area contributed by atoms with Crippen LogP contribution in [0, 0.1) is 13.8 Å². The molecule has 1 heterocycles. The molecule has 1 aromatic heterocycles. The molecule has 3 rings (SSSR count). The lowest BCUT2D eigenvalue weighted by Gasteiger charge is -2.35. The van der Waals surface area contributed by atoms with E-state index in [0.717, 1.165) is 16.7 Å². The van der Waals surface area contributed by atoms with Crippen molar-refractivity contribution in [2.24, 2.45) is 11.5 Å². The summed E-state index contributed by atoms with van der Waals surface area (Å²) in [5.41, 5.74) is 15.7. The van der Waals surface area contributed by atoms with Crippen molar-refractivity contribution in [2.75, 3.05) is 19.7 Å². The van der Waals surface area contributed by atoms with E-state index in [9.17, 15) is 23.1 Å². The number of fused-ring (bicyclic) bond motifs is 1. The van der Waals surface area contributed by atoms with Gasteiger partial charge in [0.25, 0.3) is 0 Å². The number of esters is 1. The minimum Gasteiger partial charge on any atom is -0.449 e. The first kappa shape index (κ1) is 30.4. The molecule has 3 aromatic rings. The summed E-state index contributed by atoms with van der Waals surface area (Å²) < 4.78 is 54.8. The predicted molar refractivity (Wildman–Crippen MR) is 139 cm³/mol. The highest BCUT2D eigenvalue weighted by atomic mass is 19.4. The zero-order chi connectivity index (χ0) is 28.6. The molecule has 2 aromatic carbocycles. The van der Waals surface area contributed by atoms with Gasteiger partial charge in [-0.1, -0.05) is 30.3 Å². The molecule has 39 heavy (non-hydrogen) atoms. The van der Waals surface area contributed by atoms with Crippen molar-refractivity contribution in [1.82, 2.24) is 10.3 Å². The molecular formula is C27H35F3N4O5. The van der Waals surface area contributed by atoms with Crippen LogP contribution >= 0.6 is 0 Å². The average Bonchev–Trinajstić information content (AvgIpc) is 3.28. The maximum Gasteiger partial charge on any atom is 0.491 e. The minimum atomic E-state index is -5.30. The van der Waals surface area contributed by atoms with E-state index in [1.165, 1.54) is 0 Å². The molecule has 3 atom stereocenters. The SMILES string of the molecule is Cc1cc2nc(OC[C@@H](CCc3ccccc3)NC[C@](O)(OC(=O)C(F)(F)F)[C@H](N)CCCN)oc2cc1C. The van der Waals surface area contributed by atoms with Crippen LogP contribution in [0.25, 0.3) is 11.1 Å². The fraction of sp³-hybridized carbons (Fsp3) is 0.481. The molecule has 0 aliphatic heterocycles. The summed E-state index contributed by atoms with van der Waals surface area (Å²) >= 11 is 0. The highest BCUT2D eigenvalue weighted by molar-refractivity contribution is 5.76. The number of carbonyl (C=O) groups is 1. The molecule has 0 amide bonds. The van der Waals surface area contributed by atoms with Crippen LogP contribution in [-0.2, 0) is 16.0 Å². The Morgan fingerprint density at radius 3 is 2.51 bits per heavy atom. The second-order valence-electron chi connectivity index (χ2n) is 9.57. The number of halogens is 3. The van der Waals surface area contributed by atoms with E-state index in [2.05, 4.69) is 15.0 Å². The standard InChI is InChI=1S/C27H35F3N4O5/c1-17-13-21-22(14-18(17)2)38-25(34-21)37-15-20(11-10-19-7-4-3-5-8-19)33-16-26(36,23(32)9-6-12-31)39-24(35)27(28,29)30/h3-5,7-8,13-14,20,23,33,36H,6,9-12,15-16,31-32H2,1-2H3/t20-,23-,26+/m1/s1. The Balaban J connectivity index is 1.75. The molecule has 0 aliphatic rings. The number of oxazole rings is 1. The lowest BCUT2D eigenvalue weighted by Crippen LogP contribution is -2.60. The van der Waals surface area contributed by atoms with Crippen molar-refractivity contribution in [1.29, 1.82) is 0 Å². The van der Waals surface area contributed by atoms with Crippen LogP contribution in [0.5, 0.6) is 6.08 Å². The van der Waals surface area contributed by atoms with Gasteiger partial charge in [-0.05, 0) is 74.9 Å². The number of alkyl halides is 3. The third-order valence-electron chi connectivity index (χ3n) is 6.46. The lowest BCUT2D eigenvalue weighted by molar-refractivity contribution is -0.252. The molecule has 0 radical (unpaired) electrons. The monoisotopic (exact) mass is 552 g/mol. The molecule has 0 fully saturated rings. The van der Waals surface area contributed by atoms with Crippen LogP contribution in [0.4, 0.5) is 13.2 Å². The van der Waals surface area contributed by atoms with Crippen LogP contribution in [0.2, 0.25) is 0 Å². The topological polar surface area (TPSA) is 146 Å². The van der Waals surface area contributed by atoms with Crippen molar-refractivity contribution in [3.8, 4) is 6.08 Å². The maximum absolute atomic E-state index is 12.9. The van der Waals surface area contributed by atoms with Gasteiger partial charge in [0.1, 0.15) is 12.1 Å². The second-order valence-corrected chi connectivity index (χ2v) is 9.57. The molecule has 12 heteroatoms. The molecule has 0 saturated carbocycles. The second kappa shape index (κ2) is 13.2. The zero-order valence-corrected chi connectivity index (χ0v) is 22.0. The fourth-order valence-electron chi connectivity index (χ4n) is 3.94. The van der Waals surface area contributed by atoms with Gasteiger partial charge in [0.2, 0.25) is 5.79 Å². The molecular weight excluding hydrogens is 517 g/mol. The van der Waals surface area contributed by atoms with Gasteiger partial charge in [0.15, 0.2) is 5.58 Å². The Morgan fingerprint density at radius 1 is 1.15 bits per heavy atom. The summed E-state index contributed by atoms with van der Waals surface area (Å²) in [6.07, 6.45) is -3.88. The summed E-state index contributed by atoms with van der Waals surface area (Å²) in [5.74, 6) is -5.18. The number of benzene rings is 2. The van der Waals surface area contributed by atoms with Crippen LogP contribution < -0.4 is 21.5 Å². The van der Waals surface area contributed by atoms with E-state index in [-0.39, 0.29) is 25.6 Å². The molecule has 214 valence electrons. The Kier molecular flexibility index (Phi) is 10.3. The zero-order valence-electron chi connectivity index (χ0n) is 22.0. The molecule has 0 bridgehead atoms. The molecule has 9 nitrogen and oxygen atoms in total. The smallest absolute Gasteiger partial charge is 0.449 e. The number of aryl methyl sites for hydroxylation is 3. The van der Waals surface area contributed by atoms with E-state index in [0.29, 0.717) is 30.4 Å². The van der Waals surface area contributed by atoms with Gasteiger partial charge in [0.05, 0.1) is 12.6 Å². The number of nitrogens with two attached hydrogens (primary N) is 2. The van der Waals surface area contributed by atoms with Crippen LogP contribution in [0.1, 0.15) is 36.0 Å². The minimum absolute atomic E-state index is 0.00104. The number of nitrogens with one attached hydrogen (secondary N) is 1. The van der Waals surface area contributed by atoms with E-state index in [4.69, 9.17) is 20.6 Å². The van der Waals surface area contributed by atoms with Gasteiger partial charge in [-0.2, -0.15) is 18.2 Å². The molecule has 6 N–H and O–H groups in total. The molecule has 0 saturated heterocycles. The number of aliphatic hydroxyl groups is 1. The van der Waals surface area contributed by atoms with Gasteiger partial charge in [-0.25, -0.2) is 4.79 Å². The molecule has 0 unspecified atom stereocenters. The quantitative estimate of drug-likeness (QED) is 0.175. The third kappa shape index (κ3) is 8.65. The number of carbonyl (C=O) groups excluding carboxylic acids is 1. The molecule has 0 spiro atoms. The number of ether oxygens (including phenoxy) is 2. The third-order valence-corrected chi connectivity index (χ3v) is 6.46. The van der Waals surface area contributed by atoms with Crippen molar-refractivity contribution in [3.05, 3.63) is 59.2 Å². The number of hydrogen-bond donors (Lipinski definition) is 4. The average molecular weight is 553 g/mol. The van der Waals surface area contributed by atoms with E-state index >= 15 is 0 Å². The fourth-order valence-corrected chi connectivity index (χ4v) is 3.94.